The molecule has 1 saturated heterocycles. The summed E-state index contributed by atoms with van der Waals surface area (Å²) < 4.78 is 5.17. The summed E-state index contributed by atoms with van der Waals surface area (Å²) in [4.78, 5) is 0. The van der Waals surface area contributed by atoms with Crippen LogP contribution in [0.3, 0.4) is 0 Å². The van der Waals surface area contributed by atoms with Crippen molar-refractivity contribution >= 4 is 0 Å². The highest BCUT2D eigenvalue weighted by atomic mass is 16.5. The predicted octanol–water partition coefficient (Wildman–Crippen LogP) is 1.03. The van der Waals surface area contributed by atoms with E-state index in [9.17, 15) is 5.11 Å². The molecule has 4 heteroatoms. The van der Waals surface area contributed by atoms with Gasteiger partial charge >= 0.3 is 0 Å². The molecule has 0 radical (unpaired) electrons. The molecule has 96 valence electrons. The van der Waals surface area contributed by atoms with E-state index < -0.39 is 5.60 Å². The zero-order valence-electron chi connectivity index (χ0n) is 10.3. The van der Waals surface area contributed by atoms with Crippen LogP contribution in [0.5, 0.6) is 0 Å². The Balaban J connectivity index is 1.83. The highest BCUT2D eigenvalue weighted by Crippen LogP contribution is 2.18. The molecule has 2 N–H and O–H groups in total. The van der Waals surface area contributed by atoms with Crippen LogP contribution in [0.2, 0.25) is 0 Å². The van der Waals surface area contributed by atoms with Crippen molar-refractivity contribution in [2.45, 2.75) is 17.9 Å². The van der Waals surface area contributed by atoms with Crippen molar-refractivity contribution in [2.75, 3.05) is 26.3 Å². The van der Waals surface area contributed by atoms with Gasteiger partial charge < -0.3 is 15.2 Å². The summed E-state index contributed by atoms with van der Waals surface area (Å²) in [7, 11) is 0. The molecule has 1 aromatic rings. The van der Waals surface area contributed by atoms with E-state index in [1.807, 2.05) is 30.3 Å². The quantitative estimate of drug-likeness (QED) is 0.814. The Bertz CT molecular complexity index is 408. The lowest BCUT2D eigenvalue weighted by Gasteiger charge is -2.21. The molecule has 0 aliphatic carbocycles. The summed E-state index contributed by atoms with van der Waals surface area (Å²) in [5, 5.41) is 22.4. The van der Waals surface area contributed by atoms with E-state index in [4.69, 9.17) is 10.00 Å². The summed E-state index contributed by atoms with van der Waals surface area (Å²) >= 11 is 0. The number of benzene rings is 1. The number of nitriles is 1. The molecule has 2 unspecified atom stereocenters. The fourth-order valence-electron chi connectivity index (χ4n) is 2.11. The summed E-state index contributed by atoms with van der Waals surface area (Å²) in [5.41, 5.74) is 0.235. The molecule has 0 aromatic heterocycles. The van der Waals surface area contributed by atoms with E-state index >= 15 is 0 Å². The normalized spacial score (nSPS) is 24.7. The topological polar surface area (TPSA) is 65.3 Å². The molecular weight excluding hydrogens is 228 g/mol. The van der Waals surface area contributed by atoms with Crippen molar-refractivity contribution < 1.29 is 9.84 Å². The molecule has 4 nitrogen and oxygen atoms in total. The van der Waals surface area contributed by atoms with Gasteiger partial charge in [0.15, 0.2) is 0 Å². The molecular formula is C14H18N2O2. The van der Waals surface area contributed by atoms with E-state index in [-0.39, 0.29) is 5.92 Å². The molecule has 1 fully saturated rings. The minimum atomic E-state index is -0.767. The molecule has 0 bridgehead atoms. The fourth-order valence-corrected chi connectivity index (χ4v) is 2.11. The standard InChI is InChI=1S/C14H18N2O2/c15-8-13(12-4-2-1-3-5-12)9-16-10-14(17)6-7-18-11-14/h1-5,13,16-17H,6-7,9-11H2. The average Bonchev–Trinajstić information content (AvgIpc) is 2.83. The second-order valence-electron chi connectivity index (χ2n) is 4.75. The van der Waals surface area contributed by atoms with E-state index in [1.54, 1.807) is 0 Å². The maximum absolute atomic E-state index is 10.1. The summed E-state index contributed by atoms with van der Waals surface area (Å²) in [6, 6.07) is 12.0. The SMILES string of the molecule is N#CC(CNCC1(O)CCOC1)c1ccccc1. The fraction of sp³-hybridized carbons (Fsp3) is 0.500. The van der Waals surface area contributed by atoms with Crippen LogP contribution in [0.1, 0.15) is 17.9 Å². The van der Waals surface area contributed by atoms with Crippen LogP contribution in [0.4, 0.5) is 0 Å². The van der Waals surface area contributed by atoms with Gasteiger partial charge in [0, 0.05) is 26.1 Å². The molecule has 1 aromatic carbocycles. The molecule has 1 aliphatic heterocycles. The third-order valence-corrected chi connectivity index (χ3v) is 3.24. The van der Waals surface area contributed by atoms with Gasteiger partial charge in [0.05, 0.1) is 18.6 Å². The number of hydrogen-bond acceptors (Lipinski definition) is 4. The smallest absolute Gasteiger partial charge is 0.102 e. The Kier molecular flexibility index (Phi) is 4.32. The molecule has 0 amide bonds. The van der Waals surface area contributed by atoms with Gasteiger partial charge in [0.25, 0.3) is 0 Å². The maximum Gasteiger partial charge on any atom is 0.102 e. The summed E-state index contributed by atoms with van der Waals surface area (Å²) in [6.45, 7) is 2.00. The van der Waals surface area contributed by atoms with Crippen LogP contribution in [-0.2, 0) is 4.74 Å². The van der Waals surface area contributed by atoms with Crippen LogP contribution in [0.15, 0.2) is 30.3 Å². The van der Waals surface area contributed by atoms with Crippen molar-refractivity contribution in [2.24, 2.45) is 0 Å². The van der Waals surface area contributed by atoms with Crippen molar-refractivity contribution in [3.63, 3.8) is 0 Å². The third kappa shape index (κ3) is 3.30. The van der Waals surface area contributed by atoms with Gasteiger partial charge in [-0.3, -0.25) is 0 Å². The number of hydrogen-bond donors (Lipinski definition) is 2. The zero-order valence-corrected chi connectivity index (χ0v) is 10.3. The van der Waals surface area contributed by atoms with Crippen LogP contribution in [0.25, 0.3) is 0 Å². The Labute approximate surface area is 107 Å². The Morgan fingerprint density at radius 3 is 2.83 bits per heavy atom. The van der Waals surface area contributed by atoms with Crippen molar-refractivity contribution in [3.8, 4) is 6.07 Å². The molecule has 18 heavy (non-hydrogen) atoms. The summed E-state index contributed by atoms with van der Waals surface area (Å²) in [5.74, 6) is -0.183. The van der Waals surface area contributed by atoms with Gasteiger partial charge in [0.2, 0.25) is 0 Å². The minimum Gasteiger partial charge on any atom is -0.386 e. The van der Waals surface area contributed by atoms with E-state index in [2.05, 4.69) is 11.4 Å². The van der Waals surface area contributed by atoms with Crippen molar-refractivity contribution in [1.29, 1.82) is 5.26 Å². The van der Waals surface area contributed by atoms with Crippen LogP contribution < -0.4 is 5.32 Å². The second kappa shape index (κ2) is 5.96. The van der Waals surface area contributed by atoms with E-state index in [1.165, 1.54) is 0 Å². The number of ether oxygens (including phenoxy) is 1. The van der Waals surface area contributed by atoms with Gasteiger partial charge in [-0.25, -0.2) is 0 Å². The predicted molar refractivity (Wildman–Crippen MR) is 68.1 cm³/mol. The Hall–Kier alpha value is -1.41. The van der Waals surface area contributed by atoms with Gasteiger partial charge in [0.1, 0.15) is 5.60 Å². The summed E-state index contributed by atoms with van der Waals surface area (Å²) in [6.07, 6.45) is 0.655. The van der Waals surface area contributed by atoms with Gasteiger partial charge in [-0.2, -0.15) is 5.26 Å². The second-order valence-corrected chi connectivity index (χ2v) is 4.75. The average molecular weight is 246 g/mol. The van der Waals surface area contributed by atoms with Crippen LogP contribution in [-0.4, -0.2) is 37.0 Å². The molecule has 0 saturated carbocycles. The molecule has 1 heterocycles. The molecule has 1 aliphatic rings. The Morgan fingerprint density at radius 2 is 2.22 bits per heavy atom. The van der Waals surface area contributed by atoms with Crippen LogP contribution >= 0.6 is 0 Å². The highest BCUT2D eigenvalue weighted by Gasteiger charge is 2.31. The van der Waals surface area contributed by atoms with Gasteiger partial charge in [-0.15, -0.1) is 0 Å². The molecule has 2 atom stereocenters. The van der Waals surface area contributed by atoms with Gasteiger partial charge in [-0.05, 0) is 5.56 Å². The van der Waals surface area contributed by atoms with Gasteiger partial charge in [-0.1, -0.05) is 30.3 Å². The Morgan fingerprint density at radius 1 is 1.44 bits per heavy atom. The van der Waals surface area contributed by atoms with Crippen molar-refractivity contribution in [3.05, 3.63) is 35.9 Å². The largest absolute Gasteiger partial charge is 0.386 e. The molecule has 2 rings (SSSR count). The number of nitrogens with zero attached hydrogens (tertiary/aromatic N) is 1. The molecule has 0 spiro atoms. The lowest BCUT2D eigenvalue weighted by atomic mass is 9.99. The van der Waals surface area contributed by atoms with E-state index in [0.29, 0.717) is 32.7 Å². The number of rotatable bonds is 5. The first-order valence-electron chi connectivity index (χ1n) is 6.19. The van der Waals surface area contributed by atoms with E-state index in [0.717, 1.165) is 5.56 Å². The lowest BCUT2D eigenvalue weighted by Crippen LogP contribution is -2.42. The minimum absolute atomic E-state index is 0.183. The van der Waals surface area contributed by atoms with Crippen molar-refractivity contribution in [1.82, 2.24) is 5.32 Å². The first-order valence-corrected chi connectivity index (χ1v) is 6.19. The maximum atomic E-state index is 10.1. The number of aliphatic hydroxyl groups is 1. The van der Waals surface area contributed by atoms with Crippen LogP contribution in [0, 0.1) is 11.3 Å². The monoisotopic (exact) mass is 246 g/mol. The number of nitrogens with one attached hydrogen (secondary N) is 1. The lowest BCUT2D eigenvalue weighted by molar-refractivity contribution is 0.0272. The zero-order chi connectivity index (χ0) is 12.8. The third-order valence-electron chi connectivity index (χ3n) is 3.24. The first-order chi connectivity index (χ1) is 8.73. The first kappa shape index (κ1) is 13.0. The highest BCUT2D eigenvalue weighted by molar-refractivity contribution is 5.25.